The van der Waals surface area contributed by atoms with Gasteiger partial charge in [-0.3, -0.25) is 9.59 Å². The molecule has 0 radical (unpaired) electrons. The second kappa shape index (κ2) is 8.49. The number of phenols is 1. The van der Waals surface area contributed by atoms with Gasteiger partial charge in [0, 0.05) is 10.6 Å². The number of halogens is 3. The highest BCUT2D eigenvalue weighted by Crippen LogP contribution is 2.36. The molecule has 0 saturated carbocycles. The number of aromatic carboxylic acids is 1. The van der Waals surface area contributed by atoms with Gasteiger partial charge in [0.1, 0.15) is 15.8 Å². The first-order valence-corrected chi connectivity index (χ1v) is 9.86. The van der Waals surface area contributed by atoms with E-state index in [4.69, 9.17) is 40.5 Å². The molecule has 30 heavy (non-hydrogen) atoms. The highest BCUT2D eigenvalue weighted by atomic mass is 35.5. The SMILES string of the molecule is NC(=O)c1ccc(-c2nc(C(=O)O)c(NC(=O)c3c(Cl)cc(Cl)cc3Cl)s2)cc1O. The van der Waals surface area contributed by atoms with Crippen LogP contribution >= 0.6 is 46.1 Å². The largest absolute Gasteiger partial charge is 0.507 e. The molecule has 2 aromatic carbocycles. The molecule has 8 nitrogen and oxygen atoms in total. The van der Waals surface area contributed by atoms with Crippen molar-refractivity contribution in [2.45, 2.75) is 0 Å². The molecule has 0 fully saturated rings. The van der Waals surface area contributed by atoms with Crippen LogP contribution in [0.15, 0.2) is 30.3 Å². The van der Waals surface area contributed by atoms with Crippen LogP contribution < -0.4 is 11.1 Å². The van der Waals surface area contributed by atoms with Gasteiger partial charge in [0.05, 0.1) is 21.2 Å². The first-order chi connectivity index (χ1) is 14.1. The number of rotatable bonds is 5. The zero-order chi connectivity index (χ0) is 22.2. The second-order valence-corrected chi connectivity index (χ2v) is 8.05. The molecule has 0 bridgehead atoms. The first kappa shape index (κ1) is 21.8. The highest BCUT2D eigenvalue weighted by Gasteiger charge is 2.23. The Morgan fingerprint density at radius 2 is 1.70 bits per heavy atom. The molecule has 154 valence electrons. The average molecular weight is 487 g/mol. The smallest absolute Gasteiger partial charge is 0.357 e. The van der Waals surface area contributed by atoms with Crippen molar-refractivity contribution in [1.82, 2.24) is 4.98 Å². The van der Waals surface area contributed by atoms with E-state index in [9.17, 15) is 24.6 Å². The predicted octanol–water partition coefficient (Wildman–Crippen LogP) is 4.53. The van der Waals surface area contributed by atoms with Crippen molar-refractivity contribution in [3.8, 4) is 16.3 Å². The number of nitrogens with two attached hydrogens (primary N) is 1. The summed E-state index contributed by atoms with van der Waals surface area (Å²) in [6.07, 6.45) is 0. The number of carboxylic acid groups (broad SMARTS) is 1. The van der Waals surface area contributed by atoms with E-state index in [1.165, 1.54) is 30.3 Å². The van der Waals surface area contributed by atoms with Gasteiger partial charge in [-0.05, 0) is 24.3 Å². The molecule has 0 aliphatic rings. The molecule has 0 unspecified atom stereocenters. The number of nitrogens with one attached hydrogen (secondary N) is 1. The van der Waals surface area contributed by atoms with Crippen molar-refractivity contribution >= 4 is 68.9 Å². The first-order valence-electron chi connectivity index (χ1n) is 7.91. The van der Waals surface area contributed by atoms with Crippen LogP contribution in [0.1, 0.15) is 31.2 Å². The molecule has 0 atom stereocenters. The molecule has 12 heteroatoms. The monoisotopic (exact) mass is 485 g/mol. The van der Waals surface area contributed by atoms with Gasteiger partial charge >= 0.3 is 5.97 Å². The van der Waals surface area contributed by atoms with Crippen LogP contribution in [0.4, 0.5) is 5.00 Å². The van der Waals surface area contributed by atoms with Crippen LogP contribution in [0.2, 0.25) is 15.1 Å². The van der Waals surface area contributed by atoms with Gasteiger partial charge in [0.2, 0.25) is 0 Å². The topological polar surface area (TPSA) is 143 Å². The normalized spacial score (nSPS) is 10.6. The summed E-state index contributed by atoms with van der Waals surface area (Å²) in [5.74, 6) is -3.36. The number of carbonyl (C=O) groups is 3. The lowest BCUT2D eigenvalue weighted by molar-refractivity contribution is 0.0692. The highest BCUT2D eigenvalue weighted by molar-refractivity contribution is 7.19. The molecule has 0 saturated heterocycles. The summed E-state index contributed by atoms with van der Waals surface area (Å²) in [5.41, 5.74) is 4.85. The lowest BCUT2D eigenvalue weighted by Gasteiger charge is -2.08. The van der Waals surface area contributed by atoms with Crippen molar-refractivity contribution < 1.29 is 24.6 Å². The fourth-order valence-electron chi connectivity index (χ4n) is 2.47. The molecule has 2 amide bonds. The van der Waals surface area contributed by atoms with Crippen LogP contribution in [0.5, 0.6) is 5.75 Å². The second-order valence-electron chi connectivity index (χ2n) is 5.80. The number of primary amides is 1. The van der Waals surface area contributed by atoms with Crippen molar-refractivity contribution in [3.05, 3.63) is 62.2 Å². The third-order valence-corrected chi connectivity index (χ3v) is 5.64. The number of carbonyl (C=O) groups excluding carboxylic acids is 2. The number of aromatic nitrogens is 1. The Labute approximate surface area is 187 Å². The van der Waals surface area contributed by atoms with Gasteiger partial charge < -0.3 is 21.3 Å². The zero-order valence-electron chi connectivity index (χ0n) is 14.6. The van der Waals surface area contributed by atoms with Crippen LogP contribution in [-0.2, 0) is 0 Å². The van der Waals surface area contributed by atoms with Crippen molar-refractivity contribution in [2.75, 3.05) is 5.32 Å². The van der Waals surface area contributed by atoms with Gasteiger partial charge in [0.15, 0.2) is 5.69 Å². The molecular formula is C18H10Cl3N3O5S. The number of benzene rings is 2. The number of aromatic hydroxyl groups is 1. The van der Waals surface area contributed by atoms with E-state index in [0.29, 0.717) is 5.56 Å². The molecule has 1 heterocycles. The Hall–Kier alpha value is -2.85. The quantitative estimate of drug-likeness (QED) is 0.417. The van der Waals surface area contributed by atoms with Crippen LogP contribution in [0, 0.1) is 0 Å². The predicted molar refractivity (Wildman–Crippen MR) is 114 cm³/mol. The lowest BCUT2D eigenvalue weighted by Crippen LogP contribution is -2.14. The molecule has 3 rings (SSSR count). The maximum atomic E-state index is 12.6. The van der Waals surface area contributed by atoms with Gasteiger partial charge in [-0.25, -0.2) is 9.78 Å². The van der Waals surface area contributed by atoms with Crippen molar-refractivity contribution in [2.24, 2.45) is 5.73 Å². The number of carboxylic acids is 1. The Morgan fingerprint density at radius 3 is 2.23 bits per heavy atom. The number of thiazole rings is 1. The molecule has 3 aromatic rings. The third kappa shape index (κ3) is 4.34. The number of amides is 2. The molecule has 0 spiro atoms. The Balaban J connectivity index is 2.00. The van der Waals surface area contributed by atoms with Gasteiger partial charge in [-0.2, -0.15) is 0 Å². The molecular weight excluding hydrogens is 477 g/mol. The molecule has 1 aromatic heterocycles. The van der Waals surface area contributed by atoms with E-state index in [0.717, 1.165) is 11.3 Å². The number of hydrogen-bond acceptors (Lipinski definition) is 6. The van der Waals surface area contributed by atoms with E-state index < -0.39 is 29.2 Å². The summed E-state index contributed by atoms with van der Waals surface area (Å²) in [7, 11) is 0. The molecule has 0 aliphatic carbocycles. The van der Waals surface area contributed by atoms with Crippen LogP contribution in [0.3, 0.4) is 0 Å². The Kier molecular flexibility index (Phi) is 6.18. The van der Waals surface area contributed by atoms with E-state index in [1.807, 2.05) is 0 Å². The standard InChI is InChI=1S/C18H10Cl3N3O5S/c19-7-4-9(20)12(10(21)5-7)15(27)24-17-13(18(28)29)23-16(30-17)6-1-2-8(14(22)26)11(25)3-6/h1-5,25H,(H2,22,26)(H,24,27)(H,28,29). The minimum absolute atomic E-state index is 0.0152. The number of nitrogens with zero attached hydrogens (tertiary/aromatic N) is 1. The van der Waals surface area contributed by atoms with E-state index >= 15 is 0 Å². The number of anilines is 1. The zero-order valence-corrected chi connectivity index (χ0v) is 17.7. The van der Waals surface area contributed by atoms with E-state index in [-0.39, 0.29) is 36.2 Å². The third-order valence-electron chi connectivity index (χ3n) is 3.80. The fraction of sp³-hybridized carbons (Fsp3) is 0. The summed E-state index contributed by atoms with van der Waals surface area (Å²) < 4.78 is 0. The summed E-state index contributed by atoms with van der Waals surface area (Å²) in [5, 5.41) is 22.1. The lowest BCUT2D eigenvalue weighted by atomic mass is 10.1. The maximum Gasteiger partial charge on any atom is 0.357 e. The Bertz CT molecular complexity index is 1190. The summed E-state index contributed by atoms with van der Waals surface area (Å²) in [6.45, 7) is 0. The van der Waals surface area contributed by atoms with E-state index in [2.05, 4.69) is 10.3 Å². The van der Waals surface area contributed by atoms with Crippen molar-refractivity contribution in [3.63, 3.8) is 0 Å². The number of hydrogen-bond donors (Lipinski definition) is 4. The van der Waals surface area contributed by atoms with Gasteiger partial charge in [0.25, 0.3) is 11.8 Å². The fourth-order valence-corrected chi connectivity index (χ4v) is 4.41. The van der Waals surface area contributed by atoms with Crippen molar-refractivity contribution in [1.29, 1.82) is 0 Å². The maximum absolute atomic E-state index is 12.6. The molecule has 5 N–H and O–H groups in total. The minimum Gasteiger partial charge on any atom is -0.507 e. The summed E-state index contributed by atoms with van der Waals surface area (Å²) in [6, 6.07) is 6.57. The Morgan fingerprint density at radius 1 is 1.07 bits per heavy atom. The van der Waals surface area contributed by atoms with E-state index in [1.54, 1.807) is 0 Å². The summed E-state index contributed by atoms with van der Waals surface area (Å²) in [4.78, 5) is 39.5. The minimum atomic E-state index is -1.39. The average Bonchev–Trinajstić information content (AvgIpc) is 3.04. The van der Waals surface area contributed by atoms with Crippen LogP contribution in [-0.4, -0.2) is 33.0 Å². The van der Waals surface area contributed by atoms with Crippen LogP contribution in [0.25, 0.3) is 10.6 Å². The van der Waals surface area contributed by atoms with Gasteiger partial charge in [-0.15, -0.1) is 0 Å². The van der Waals surface area contributed by atoms with Gasteiger partial charge in [-0.1, -0.05) is 52.2 Å². The summed E-state index contributed by atoms with van der Waals surface area (Å²) >= 11 is 18.7. The molecule has 0 aliphatic heterocycles.